The van der Waals surface area contributed by atoms with E-state index < -0.39 is 0 Å². The highest BCUT2D eigenvalue weighted by Gasteiger charge is 2.25. The van der Waals surface area contributed by atoms with Gasteiger partial charge in [0.15, 0.2) is 11.5 Å². The molecule has 1 aromatic rings. The molecule has 0 atom stereocenters. The van der Waals surface area contributed by atoms with Crippen LogP contribution in [0.15, 0.2) is 12.1 Å². The van der Waals surface area contributed by atoms with Crippen molar-refractivity contribution in [2.75, 3.05) is 47.5 Å². The van der Waals surface area contributed by atoms with Crippen molar-refractivity contribution in [3.05, 3.63) is 22.9 Å². The summed E-state index contributed by atoms with van der Waals surface area (Å²) < 4.78 is 15.8. The average Bonchev–Trinajstić information content (AvgIpc) is 2.47. The van der Waals surface area contributed by atoms with E-state index in [1.165, 1.54) is 0 Å². The number of halogens is 1. The maximum atomic E-state index is 12.7. The largest absolute Gasteiger partial charge is 0.632 e. The molecule has 0 amide bonds. The summed E-state index contributed by atoms with van der Waals surface area (Å²) in [6, 6.07) is 3.69. The lowest BCUT2D eigenvalue weighted by molar-refractivity contribution is -0.895. The van der Waals surface area contributed by atoms with Crippen molar-refractivity contribution >= 4 is 12.4 Å². The minimum atomic E-state index is -0.237. The van der Waals surface area contributed by atoms with Crippen LogP contribution in [0.5, 0.6) is 17.2 Å². The van der Waals surface area contributed by atoms with Gasteiger partial charge < -0.3 is 29.4 Å². The quantitative estimate of drug-likeness (QED) is 0.659. The van der Waals surface area contributed by atoms with E-state index in [-0.39, 0.29) is 17.1 Å². The van der Waals surface area contributed by atoms with Crippen molar-refractivity contribution in [3.63, 3.8) is 0 Å². The van der Waals surface area contributed by atoms with Crippen LogP contribution < -0.4 is 19.5 Å². The minimum Gasteiger partial charge on any atom is -0.632 e. The number of nitrogens with one attached hydrogen (secondary N) is 1. The number of methoxy groups -OCH3 is 3. The Morgan fingerprint density at radius 3 is 2.19 bits per heavy atom. The number of hydroxylamine groups is 3. The van der Waals surface area contributed by atoms with Crippen LogP contribution in [-0.2, 0) is 6.54 Å². The second kappa shape index (κ2) is 7.70. The lowest BCUT2D eigenvalue weighted by Crippen LogP contribution is -2.54. The smallest absolute Gasteiger partial charge is 0.203 e. The zero-order valence-corrected chi connectivity index (χ0v) is 13.5. The molecule has 1 aliphatic heterocycles. The molecule has 6 nitrogen and oxygen atoms in total. The highest BCUT2D eigenvalue weighted by molar-refractivity contribution is 5.85. The van der Waals surface area contributed by atoms with E-state index in [9.17, 15) is 5.21 Å². The van der Waals surface area contributed by atoms with Gasteiger partial charge in [0.2, 0.25) is 5.75 Å². The molecule has 0 radical (unpaired) electrons. The first kappa shape index (κ1) is 17.8. The summed E-state index contributed by atoms with van der Waals surface area (Å²) in [5.41, 5.74) is 0.849. The fourth-order valence-electron chi connectivity index (χ4n) is 2.56. The van der Waals surface area contributed by atoms with Crippen molar-refractivity contribution in [1.29, 1.82) is 0 Å². The topological polar surface area (TPSA) is 62.8 Å². The number of benzene rings is 1. The van der Waals surface area contributed by atoms with Crippen LogP contribution in [0.25, 0.3) is 0 Å². The van der Waals surface area contributed by atoms with Crippen molar-refractivity contribution < 1.29 is 18.9 Å². The minimum absolute atomic E-state index is 0. The molecule has 0 aliphatic carbocycles. The molecule has 1 aromatic carbocycles. The molecular weight excluding hydrogens is 296 g/mol. The number of hydrogen-bond acceptors (Lipinski definition) is 5. The Bertz CT molecular complexity index is 465. The van der Waals surface area contributed by atoms with Crippen molar-refractivity contribution in [3.8, 4) is 17.2 Å². The standard InChI is InChI=1S/C14H22N2O4.ClH/c1-18-12-5-4-11(13(19-2)14(12)20-3)10-16(17)8-6-15-7-9-16;/h4-5,15H,6-10H2,1-3H3;1H. The van der Waals surface area contributed by atoms with Gasteiger partial charge in [-0.2, -0.15) is 0 Å². The Morgan fingerprint density at radius 1 is 1.05 bits per heavy atom. The predicted octanol–water partition coefficient (Wildman–Crippen LogP) is 1.55. The number of rotatable bonds is 5. The van der Waals surface area contributed by atoms with Gasteiger partial charge in [0.1, 0.15) is 6.54 Å². The molecule has 1 aliphatic rings. The molecular formula is C14H23ClN2O4. The Balaban J connectivity index is 0.00000220. The van der Waals surface area contributed by atoms with Crippen LogP contribution in [0.2, 0.25) is 0 Å². The summed E-state index contributed by atoms with van der Waals surface area (Å²) in [5.74, 6) is 1.72. The number of piperazine rings is 1. The van der Waals surface area contributed by atoms with Crippen LogP contribution in [-0.4, -0.2) is 52.2 Å². The molecule has 0 unspecified atom stereocenters. The third-order valence-corrected chi connectivity index (χ3v) is 3.64. The first-order chi connectivity index (χ1) is 9.63. The molecule has 7 heteroatoms. The fraction of sp³-hybridized carbons (Fsp3) is 0.571. The van der Waals surface area contributed by atoms with Gasteiger partial charge in [-0.3, -0.25) is 0 Å². The molecule has 120 valence electrons. The number of quaternary nitrogens is 1. The SMILES string of the molecule is COc1ccc(C[N+]2([O-])CCNCC2)c(OC)c1OC.Cl. The zero-order chi connectivity index (χ0) is 14.6. The number of ether oxygens (including phenoxy) is 3. The molecule has 0 saturated carbocycles. The van der Waals surface area contributed by atoms with Crippen molar-refractivity contribution in [2.24, 2.45) is 0 Å². The maximum Gasteiger partial charge on any atom is 0.203 e. The van der Waals surface area contributed by atoms with Crippen LogP contribution in [0.3, 0.4) is 0 Å². The molecule has 2 rings (SSSR count). The molecule has 0 aromatic heterocycles. The average molecular weight is 319 g/mol. The zero-order valence-electron chi connectivity index (χ0n) is 12.7. The molecule has 0 spiro atoms. The first-order valence-corrected chi connectivity index (χ1v) is 6.69. The van der Waals surface area contributed by atoms with E-state index in [1.54, 1.807) is 21.3 Å². The van der Waals surface area contributed by atoms with Gasteiger partial charge in [0, 0.05) is 13.1 Å². The third-order valence-electron chi connectivity index (χ3n) is 3.64. The summed E-state index contributed by atoms with van der Waals surface area (Å²) >= 11 is 0. The van der Waals surface area contributed by atoms with E-state index in [4.69, 9.17) is 14.2 Å². The summed E-state index contributed by atoms with van der Waals surface area (Å²) in [5, 5.41) is 15.9. The van der Waals surface area contributed by atoms with Gasteiger partial charge in [-0.15, -0.1) is 12.4 Å². The Kier molecular flexibility index (Phi) is 6.54. The molecule has 21 heavy (non-hydrogen) atoms. The van der Waals surface area contributed by atoms with Gasteiger partial charge in [0.05, 0.1) is 40.0 Å². The van der Waals surface area contributed by atoms with Crippen LogP contribution in [0.4, 0.5) is 0 Å². The Hall–Kier alpha value is -1.21. The van der Waals surface area contributed by atoms with E-state index in [0.29, 0.717) is 36.9 Å². The molecule has 1 fully saturated rings. The van der Waals surface area contributed by atoms with Gasteiger partial charge >= 0.3 is 0 Å². The monoisotopic (exact) mass is 318 g/mol. The highest BCUT2D eigenvalue weighted by Crippen LogP contribution is 2.40. The second-order valence-corrected chi connectivity index (χ2v) is 4.91. The van der Waals surface area contributed by atoms with Gasteiger partial charge in [-0.1, -0.05) is 0 Å². The lowest BCUT2D eigenvalue weighted by Gasteiger charge is -2.45. The normalized spacial score (nSPS) is 16.8. The van der Waals surface area contributed by atoms with Crippen LogP contribution in [0.1, 0.15) is 5.56 Å². The van der Waals surface area contributed by atoms with Crippen molar-refractivity contribution in [2.45, 2.75) is 6.54 Å². The van der Waals surface area contributed by atoms with E-state index in [0.717, 1.165) is 18.7 Å². The van der Waals surface area contributed by atoms with Crippen molar-refractivity contribution in [1.82, 2.24) is 5.32 Å². The molecule has 0 bridgehead atoms. The molecule has 1 heterocycles. The van der Waals surface area contributed by atoms with Gasteiger partial charge in [0.25, 0.3) is 0 Å². The van der Waals surface area contributed by atoms with E-state index in [2.05, 4.69) is 5.32 Å². The second-order valence-electron chi connectivity index (χ2n) is 4.91. The summed E-state index contributed by atoms with van der Waals surface area (Å²) in [7, 11) is 4.72. The number of nitrogens with zero attached hydrogens (tertiary/aromatic N) is 1. The highest BCUT2D eigenvalue weighted by atomic mass is 35.5. The summed E-state index contributed by atoms with van der Waals surface area (Å²) in [6.45, 7) is 3.01. The fourth-order valence-corrected chi connectivity index (χ4v) is 2.56. The Morgan fingerprint density at radius 2 is 1.67 bits per heavy atom. The van der Waals surface area contributed by atoms with Crippen LogP contribution >= 0.6 is 12.4 Å². The van der Waals surface area contributed by atoms with Crippen LogP contribution in [0, 0.1) is 5.21 Å². The molecule has 1 saturated heterocycles. The van der Waals surface area contributed by atoms with E-state index >= 15 is 0 Å². The summed E-state index contributed by atoms with van der Waals surface area (Å²) in [4.78, 5) is 0. The Labute approximate surface area is 131 Å². The summed E-state index contributed by atoms with van der Waals surface area (Å²) in [6.07, 6.45) is 0. The maximum absolute atomic E-state index is 12.7. The first-order valence-electron chi connectivity index (χ1n) is 6.69. The third kappa shape index (κ3) is 3.91. The lowest BCUT2D eigenvalue weighted by atomic mass is 10.1. The molecule has 1 N–H and O–H groups in total. The number of hydrogen-bond donors (Lipinski definition) is 1. The van der Waals surface area contributed by atoms with Gasteiger partial charge in [-0.25, -0.2) is 0 Å². The van der Waals surface area contributed by atoms with Gasteiger partial charge in [-0.05, 0) is 12.1 Å². The van der Waals surface area contributed by atoms with E-state index in [1.807, 2.05) is 12.1 Å². The predicted molar refractivity (Wildman–Crippen MR) is 83.3 cm³/mol.